The Morgan fingerprint density at radius 2 is 2.06 bits per heavy atom. The molecule has 166 valence electrons. The first-order valence-electron chi connectivity index (χ1n) is 10.7. The molecular formula is C23H27F3N4O. The number of hydrogen-bond acceptors (Lipinski definition) is 4. The molecule has 3 heterocycles. The molecule has 8 heteroatoms. The maximum Gasteiger partial charge on any atom is 0.416 e. The van der Waals surface area contributed by atoms with Gasteiger partial charge in [-0.15, -0.1) is 0 Å². The molecule has 31 heavy (non-hydrogen) atoms. The molecule has 4 rings (SSSR count). The number of rotatable bonds is 4. The van der Waals surface area contributed by atoms with Gasteiger partial charge in [0.15, 0.2) is 0 Å². The summed E-state index contributed by atoms with van der Waals surface area (Å²) in [5.74, 6) is 0.313. The van der Waals surface area contributed by atoms with Crippen LogP contribution in [-0.2, 0) is 17.4 Å². The molecule has 3 atom stereocenters. The van der Waals surface area contributed by atoms with E-state index in [1.165, 1.54) is 6.07 Å². The molecular weight excluding hydrogens is 405 g/mol. The van der Waals surface area contributed by atoms with E-state index in [4.69, 9.17) is 0 Å². The van der Waals surface area contributed by atoms with Gasteiger partial charge in [0, 0.05) is 37.6 Å². The van der Waals surface area contributed by atoms with Gasteiger partial charge in [-0.25, -0.2) is 4.98 Å². The van der Waals surface area contributed by atoms with Crippen molar-refractivity contribution in [3.05, 3.63) is 53.7 Å². The molecule has 1 aromatic carbocycles. The van der Waals surface area contributed by atoms with Crippen LogP contribution in [0.1, 0.15) is 31.4 Å². The lowest BCUT2D eigenvalue weighted by molar-refractivity contribution is -0.137. The highest BCUT2D eigenvalue weighted by atomic mass is 19.4. The molecule has 0 spiro atoms. The molecule has 2 aliphatic heterocycles. The highest BCUT2D eigenvalue weighted by molar-refractivity contribution is 5.82. The predicted molar refractivity (Wildman–Crippen MR) is 114 cm³/mol. The van der Waals surface area contributed by atoms with Crippen molar-refractivity contribution in [2.45, 2.75) is 44.9 Å². The van der Waals surface area contributed by atoms with E-state index in [0.717, 1.165) is 24.0 Å². The summed E-state index contributed by atoms with van der Waals surface area (Å²) in [6, 6.07) is 9.51. The topological polar surface area (TPSA) is 48.5 Å². The van der Waals surface area contributed by atoms with Crippen LogP contribution in [0.3, 0.4) is 0 Å². The first-order chi connectivity index (χ1) is 14.8. The third-order valence-corrected chi connectivity index (χ3v) is 6.35. The normalized spacial score (nSPS) is 21.8. The number of nitrogens with zero attached hydrogens (tertiary/aromatic N) is 3. The number of amides is 1. The summed E-state index contributed by atoms with van der Waals surface area (Å²) in [5, 5.41) is 3.04. The van der Waals surface area contributed by atoms with Crippen LogP contribution in [-0.4, -0.2) is 42.6 Å². The Morgan fingerprint density at radius 1 is 1.26 bits per heavy atom. The van der Waals surface area contributed by atoms with Crippen molar-refractivity contribution in [2.75, 3.05) is 29.4 Å². The highest BCUT2D eigenvalue weighted by Gasteiger charge is 2.43. The number of piperazine rings is 1. The van der Waals surface area contributed by atoms with Crippen LogP contribution in [0.2, 0.25) is 0 Å². The Labute approximate surface area is 180 Å². The Kier molecular flexibility index (Phi) is 5.81. The van der Waals surface area contributed by atoms with Crippen LogP contribution in [0.5, 0.6) is 0 Å². The standard InChI is InChI=1S/C23H27F3N4O/c1-3-15(2)28-22(31)18-13-16-12-17(23(24,25)26)7-8-19(16)30-11-10-29(14-20(18)30)21-6-4-5-9-27-21/h4-9,12,15,18,20H,3,10-11,13-14H2,1-2H3,(H,28,31)/t15-,18-,20-/m0/s1. The van der Waals surface area contributed by atoms with Gasteiger partial charge in [0.1, 0.15) is 5.82 Å². The minimum absolute atomic E-state index is 0.0133. The summed E-state index contributed by atoms with van der Waals surface area (Å²) in [5.41, 5.74) is 0.714. The van der Waals surface area contributed by atoms with Gasteiger partial charge >= 0.3 is 6.18 Å². The number of nitrogens with one attached hydrogen (secondary N) is 1. The maximum atomic E-state index is 13.3. The second-order valence-corrected chi connectivity index (χ2v) is 8.36. The molecule has 1 amide bonds. The van der Waals surface area contributed by atoms with Crippen LogP contribution >= 0.6 is 0 Å². The molecule has 0 aliphatic carbocycles. The summed E-state index contributed by atoms with van der Waals surface area (Å²) in [4.78, 5) is 21.9. The zero-order valence-electron chi connectivity index (χ0n) is 17.7. The molecule has 2 aromatic rings. The molecule has 1 saturated heterocycles. The number of halogens is 3. The van der Waals surface area contributed by atoms with Gasteiger partial charge in [0.25, 0.3) is 0 Å². The van der Waals surface area contributed by atoms with Crippen LogP contribution in [0.25, 0.3) is 0 Å². The molecule has 5 nitrogen and oxygen atoms in total. The number of carbonyl (C=O) groups is 1. The SMILES string of the molecule is CC[C@H](C)NC(=O)[C@H]1Cc2cc(C(F)(F)F)ccc2N2CCN(c3ccccn3)C[C@@H]12. The lowest BCUT2D eigenvalue weighted by Gasteiger charge is -2.49. The van der Waals surface area contributed by atoms with E-state index < -0.39 is 17.7 Å². The lowest BCUT2D eigenvalue weighted by atomic mass is 9.82. The minimum Gasteiger partial charge on any atom is -0.364 e. The van der Waals surface area contributed by atoms with Gasteiger partial charge in [-0.05, 0) is 55.7 Å². The third-order valence-electron chi connectivity index (χ3n) is 6.35. The second kappa shape index (κ2) is 8.40. The van der Waals surface area contributed by atoms with Crippen molar-refractivity contribution in [2.24, 2.45) is 5.92 Å². The first-order valence-corrected chi connectivity index (χ1v) is 10.7. The van der Waals surface area contributed by atoms with E-state index in [0.29, 0.717) is 31.6 Å². The van der Waals surface area contributed by atoms with Gasteiger partial charge in [0.05, 0.1) is 17.5 Å². The molecule has 0 radical (unpaired) electrons. The molecule has 0 saturated carbocycles. The average Bonchev–Trinajstić information content (AvgIpc) is 2.77. The van der Waals surface area contributed by atoms with Crippen molar-refractivity contribution in [3.63, 3.8) is 0 Å². The number of hydrogen-bond donors (Lipinski definition) is 1. The number of anilines is 2. The monoisotopic (exact) mass is 432 g/mol. The summed E-state index contributed by atoms with van der Waals surface area (Å²) in [7, 11) is 0. The fraction of sp³-hybridized carbons (Fsp3) is 0.478. The Morgan fingerprint density at radius 3 is 2.74 bits per heavy atom. The third kappa shape index (κ3) is 4.34. The number of alkyl halides is 3. The van der Waals surface area contributed by atoms with Gasteiger partial charge in [0.2, 0.25) is 5.91 Å². The van der Waals surface area contributed by atoms with Gasteiger partial charge < -0.3 is 15.1 Å². The maximum absolute atomic E-state index is 13.3. The fourth-order valence-corrected chi connectivity index (χ4v) is 4.50. The highest BCUT2D eigenvalue weighted by Crippen LogP contribution is 2.40. The number of fused-ring (bicyclic) bond motifs is 3. The molecule has 0 bridgehead atoms. The van der Waals surface area contributed by atoms with Crippen LogP contribution < -0.4 is 15.1 Å². The zero-order valence-corrected chi connectivity index (χ0v) is 17.7. The number of carbonyl (C=O) groups excluding carboxylic acids is 1. The quantitative estimate of drug-likeness (QED) is 0.797. The lowest BCUT2D eigenvalue weighted by Crippen LogP contribution is -2.61. The Hall–Kier alpha value is -2.77. The number of benzene rings is 1. The molecule has 0 unspecified atom stereocenters. The molecule has 1 aromatic heterocycles. The Balaban J connectivity index is 1.68. The molecule has 2 aliphatic rings. The summed E-state index contributed by atoms with van der Waals surface area (Å²) in [6.45, 7) is 5.83. The largest absolute Gasteiger partial charge is 0.416 e. The summed E-state index contributed by atoms with van der Waals surface area (Å²) in [6.07, 6.45) is -1.58. The van der Waals surface area contributed by atoms with Crippen molar-refractivity contribution in [3.8, 4) is 0 Å². The zero-order chi connectivity index (χ0) is 22.2. The van der Waals surface area contributed by atoms with E-state index in [-0.39, 0.29) is 18.0 Å². The van der Waals surface area contributed by atoms with Gasteiger partial charge in [-0.3, -0.25) is 4.79 Å². The van der Waals surface area contributed by atoms with Crippen LogP contribution in [0.15, 0.2) is 42.6 Å². The van der Waals surface area contributed by atoms with E-state index >= 15 is 0 Å². The van der Waals surface area contributed by atoms with Crippen molar-refractivity contribution < 1.29 is 18.0 Å². The first kappa shape index (κ1) is 21.5. The summed E-state index contributed by atoms with van der Waals surface area (Å²) < 4.78 is 39.9. The van der Waals surface area contributed by atoms with Crippen LogP contribution in [0, 0.1) is 5.92 Å². The van der Waals surface area contributed by atoms with E-state index in [2.05, 4.69) is 20.1 Å². The Bertz CT molecular complexity index is 934. The average molecular weight is 432 g/mol. The number of aromatic nitrogens is 1. The minimum atomic E-state index is -4.40. The van der Waals surface area contributed by atoms with E-state index in [1.54, 1.807) is 12.3 Å². The number of pyridine rings is 1. The van der Waals surface area contributed by atoms with Gasteiger partial charge in [-0.2, -0.15) is 13.2 Å². The molecule has 1 N–H and O–H groups in total. The van der Waals surface area contributed by atoms with E-state index in [1.807, 2.05) is 32.0 Å². The van der Waals surface area contributed by atoms with Crippen LogP contribution in [0.4, 0.5) is 24.7 Å². The van der Waals surface area contributed by atoms with Gasteiger partial charge in [-0.1, -0.05) is 13.0 Å². The smallest absolute Gasteiger partial charge is 0.364 e. The van der Waals surface area contributed by atoms with Crippen molar-refractivity contribution in [1.29, 1.82) is 0 Å². The van der Waals surface area contributed by atoms with E-state index in [9.17, 15) is 18.0 Å². The fourth-order valence-electron chi connectivity index (χ4n) is 4.50. The molecule has 1 fully saturated rings. The predicted octanol–water partition coefficient (Wildman–Crippen LogP) is 3.88. The second-order valence-electron chi connectivity index (χ2n) is 8.36. The van der Waals surface area contributed by atoms with Crippen molar-refractivity contribution >= 4 is 17.4 Å². The van der Waals surface area contributed by atoms with Crippen molar-refractivity contribution in [1.82, 2.24) is 10.3 Å². The summed E-state index contributed by atoms with van der Waals surface area (Å²) >= 11 is 0.